The molecule has 1 atom stereocenters. The molecule has 2 rings (SSSR count). The molecule has 2 aromatic heterocycles. The molecule has 0 aromatic carbocycles. The SMILES string of the molecule is CCOC(=O)c1ncc(-c2cnc(N[C@@H](C)C(F)(F)F)cc2C(F)(F)F)s1. The van der Waals surface area contributed by atoms with Crippen molar-refractivity contribution >= 4 is 23.1 Å². The van der Waals surface area contributed by atoms with Crippen molar-refractivity contribution in [3.63, 3.8) is 0 Å². The summed E-state index contributed by atoms with van der Waals surface area (Å²) >= 11 is 0.662. The Balaban J connectivity index is 2.41. The Labute approximate surface area is 153 Å². The molecule has 12 heteroatoms. The van der Waals surface area contributed by atoms with Crippen molar-refractivity contribution in [2.75, 3.05) is 11.9 Å². The van der Waals surface area contributed by atoms with Crippen LogP contribution in [0, 0.1) is 0 Å². The fourth-order valence-corrected chi connectivity index (χ4v) is 2.79. The van der Waals surface area contributed by atoms with Gasteiger partial charge in [0.25, 0.3) is 0 Å². The van der Waals surface area contributed by atoms with Gasteiger partial charge in [0, 0.05) is 18.0 Å². The molecule has 0 spiro atoms. The van der Waals surface area contributed by atoms with E-state index in [-0.39, 0.29) is 16.5 Å². The molecule has 0 saturated carbocycles. The Kier molecular flexibility index (Phi) is 5.97. The number of pyridine rings is 1. The predicted molar refractivity (Wildman–Crippen MR) is 85.4 cm³/mol. The second-order valence-corrected chi connectivity index (χ2v) is 6.30. The van der Waals surface area contributed by atoms with Crippen LogP contribution in [0.1, 0.15) is 29.2 Å². The van der Waals surface area contributed by atoms with Crippen LogP contribution in [0.5, 0.6) is 0 Å². The second kappa shape index (κ2) is 7.71. The average molecular weight is 413 g/mol. The maximum absolute atomic E-state index is 13.4. The second-order valence-electron chi connectivity index (χ2n) is 5.27. The van der Waals surface area contributed by atoms with Gasteiger partial charge < -0.3 is 10.1 Å². The van der Waals surface area contributed by atoms with Gasteiger partial charge >= 0.3 is 18.3 Å². The summed E-state index contributed by atoms with van der Waals surface area (Å²) in [5.41, 5.74) is -1.60. The molecule has 0 bridgehead atoms. The van der Waals surface area contributed by atoms with E-state index < -0.39 is 41.3 Å². The van der Waals surface area contributed by atoms with Gasteiger partial charge in [-0.3, -0.25) is 0 Å². The highest BCUT2D eigenvalue weighted by molar-refractivity contribution is 7.16. The third-order valence-electron chi connectivity index (χ3n) is 3.29. The van der Waals surface area contributed by atoms with Crippen LogP contribution < -0.4 is 5.32 Å². The molecule has 27 heavy (non-hydrogen) atoms. The van der Waals surface area contributed by atoms with Crippen LogP contribution in [0.15, 0.2) is 18.5 Å². The zero-order valence-electron chi connectivity index (χ0n) is 13.9. The van der Waals surface area contributed by atoms with Crippen LogP contribution in [0.4, 0.5) is 32.2 Å². The van der Waals surface area contributed by atoms with Crippen LogP contribution in [-0.4, -0.2) is 34.8 Å². The highest BCUT2D eigenvalue weighted by Gasteiger charge is 2.38. The van der Waals surface area contributed by atoms with Gasteiger partial charge in [-0.15, -0.1) is 11.3 Å². The minimum atomic E-state index is -4.86. The lowest BCUT2D eigenvalue weighted by Gasteiger charge is -2.19. The molecular weight excluding hydrogens is 400 g/mol. The van der Waals surface area contributed by atoms with E-state index in [2.05, 4.69) is 9.97 Å². The Bertz CT molecular complexity index is 819. The molecule has 0 aliphatic carbocycles. The maximum Gasteiger partial charge on any atom is 0.417 e. The number of carbonyl (C=O) groups excluding carboxylic acids is 1. The van der Waals surface area contributed by atoms with Crippen LogP contribution in [-0.2, 0) is 10.9 Å². The number of thiazole rings is 1. The highest BCUT2D eigenvalue weighted by Crippen LogP contribution is 2.40. The van der Waals surface area contributed by atoms with Gasteiger partial charge in [-0.25, -0.2) is 14.8 Å². The predicted octanol–water partition coefficient (Wildman–Crippen LogP) is 4.76. The molecule has 0 aliphatic rings. The van der Waals surface area contributed by atoms with Crippen molar-refractivity contribution in [1.82, 2.24) is 9.97 Å². The molecule has 2 heterocycles. The van der Waals surface area contributed by atoms with Gasteiger partial charge in [0.05, 0.1) is 17.0 Å². The summed E-state index contributed by atoms with van der Waals surface area (Å²) in [6.45, 7) is 2.39. The first kappa shape index (κ1) is 20.9. The molecule has 148 valence electrons. The topological polar surface area (TPSA) is 64.1 Å². The molecule has 1 N–H and O–H groups in total. The highest BCUT2D eigenvalue weighted by atomic mass is 32.1. The number of esters is 1. The normalized spacial score (nSPS) is 13.3. The number of aromatic nitrogens is 2. The summed E-state index contributed by atoms with van der Waals surface area (Å²) in [7, 11) is 0. The Morgan fingerprint density at radius 2 is 1.89 bits per heavy atom. The lowest BCUT2D eigenvalue weighted by Crippen LogP contribution is -2.33. The Morgan fingerprint density at radius 3 is 2.44 bits per heavy atom. The molecule has 0 unspecified atom stereocenters. The molecule has 0 aliphatic heterocycles. The number of nitrogens with zero attached hydrogens (tertiary/aromatic N) is 2. The van der Waals surface area contributed by atoms with E-state index in [0.29, 0.717) is 17.4 Å². The minimum absolute atomic E-state index is 0.0201. The number of nitrogens with one attached hydrogen (secondary N) is 1. The monoisotopic (exact) mass is 413 g/mol. The first-order valence-electron chi connectivity index (χ1n) is 7.47. The molecule has 0 saturated heterocycles. The third kappa shape index (κ3) is 5.08. The molecule has 0 amide bonds. The lowest BCUT2D eigenvalue weighted by atomic mass is 10.1. The smallest absolute Gasteiger partial charge is 0.417 e. The van der Waals surface area contributed by atoms with Crippen molar-refractivity contribution in [2.45, 2.75) is 32.2 Å². The van der Waals surface area contributed by atoms with E-state index in [1.54, 1.807) is 6.92 Å². The zero-order valence-corrected chi connectivity index (χ0v) is 14.7. The standard InChI is InChI=1S/C15H13F6N3O2S/c1-3-26-13(25)12-23-6-10(27-12)8-5-22-11(4-9(8)15(19,20)21)24-7(2)14(16,17)18/h4-7H,3H2,1-2H3,(H,22,24)/t7-/m0/s1. The first-order valence-corrected chi connectivity index (χ1v) is 8.29. The summed E-state index contributed by atoms with van der Waals surface area (Å²) in [6, 6.07) is -1.60. The first-order chi connectivity index (χ1) is 12.4. The van der Waals surface area contributed by atoms with Gasteiger partial charge in [0.1, 0.15) is 11.9 Å². The lowest BCUT2D eigenvalue weighted by molar-refractivity contribution is -0.138. The van der Waals surface area contributed by atoms with Gasteiger partial charge in [-0.1, -0.05) is 0 Å². The van der Waals surface area contributed by atoms with Gasteiger partial charge in [0.2, 0.25) is 5.01 Å². The summed E-state index contributed by atoms with van der Waals surface area (Å²) < 4.78 is 82.7. The Morgan fingerprint density at radius 1 is 1.22 bits per heavy atom. The Hall–Kier alpha value is -2.37. The van der Waals surface area contributed by atoms with Crippen LogP contribution in [0.25, 0.3) is 10.4 Å². The fraction of sp³-hybridized carbons (Fsp3) is 0.400. The summed E-state index contributed by atoms with van der Waals surface area (Å²) in [6.07, 6.45) is -7.67. The number of halogens is 6. The van der Waals surface area contributed by atoms with Crippen molar-refractivity contribution in [3.05, 3.63) is 29.0 Å². The van der Waals surface area contributed by atoms with Gasteiger partial charge in [-0.05, 0) is 19.9 Å². The van der Waals surface area contributed by atoms with Crippen molar-refractivity contribution in [2.24, 2.45) is 0 Å². The van der Waals surface area contributed by atoms with Crippen LogP contribution in [0.3, 0.4) is 0 Å². The molecule has 0 radical (unpaired) electrons. The number of alkyl halides is 6. The number of hydrogen-bond acceptors (Lipinski definition) is 6. The number of ether oxygens (including phenoxy) is 1. The van der Waals surface area contributed by atoms with Gasteiger partial charge in [0.15, 0.2) is 0 Å². The van der Waals surface area contributed by atoms with E-state index in [1.165, 1.54) is 0 Å². The third-order valence-corrected chi connectivity index (χ3v) is 4.30. The summed E-state index contributed by atoms with van der Waals surface area (Å²) in [5.74, 6) is -1.36. The zero-order chi connectivity index (χ0) is 20.4. The van der Waals surface area contributed by atoms with Crippen molar-refractivity contribution in [3.8, 4) is 10.4 Å². The van der Waals surface area contributed by atoms with E-state index in [1.807, 2.05) is 5.32 Å². The van der Waals surface area contributed by atoms with Crippen molar-refractivity contribution in [1.29, 1.82) is 0 Å². The minimum Gasteiger partial charge on any atom is -0.461 e. The maximum atomic E-state index is 13.4. The molecular formula is C15H13F6N3O2S. The average Bonchev–Trinajstić information content (AvgIpc) is 3.03. The molecule has 2 aromatic rings. The number of anilines is 1. The van der Waals surface area contributed by atoms with Crippen molar-refractivity contribution < 1.29 is 35.9 Å². The van der Waals surface area contributed by atoms with E-state index in [9.17, 15) is 31.1 Å². The summed E-state index contributed by atoms with van der Waals surface area (Å²) in [4.78, 5) is 18.9. The number of rotatable bonds is 5. The van der Waals surface area contributed by atoms with Gasteiger partial charge in [-0.2, -0.15) is 26.3 Å². The van der Waals surface area contributed by atoms with Crippen LogP contribution in [0.2, 0.25) is 0 Å². The number of carbonyl (C=O) groups is 1. The van der Waals surface area contributed by atoms with E-state index >= 15 is 0 Å². The quantitative estimate of drug-likeness (QED) is 0.566. The number of hydrogen-bond donors (Lipinski definition) is 1. The van der Waals surface area contributed by atoms with E-state index in [4.69, 9.17) is 4.74 Å². The molecule has 5 nitrogen and oxygen atoms in total. The largest absolute Gasteiger partial charge is 0.461 e. The molecule has 0 fully saturated rings. The fourth-order valence-electron chi connectivity index (χ4n) is 1.95. The summed E-state index contributed by atoms with van der Waals surface area (Å²) in [5, 5.41) is 1.75. The van der Waals surface area contributed by atoms with E-state index in [0.717, 1.165) is 19.3 Å². The van der Waals surface area contributed by atoms with Crippen LogP contribution >= 0.6 is 11.3 Å².